The molecular weight excluding hydrogens is 380 g/mol. The molecule has 158 valence electrons. The van der Waals surface area contributed by atoms with Gasteiger partial charge in [-0.2, -0.15) is 5.10 Å². The average molecular weight is 409 g/mol. The van der Waals surface area contributed by atoms with Gasteiger partial charge in [0.05, 0.1) is 20.8 Å². The van der Waals surface area contributed by atoms with Crippen molar-refractivity contribution in [2.45, 2.75) is 19.9 Å². The summed E-state index contributed by atoms with van der Waals surface area (Å²) < 4.78 is 12.4. The summed E-state index contributed by atoms with van der Waals surface area (Å²) in [4.78, 5) is 9.05. The van der Waals surface area contributed by atoms with Crippen molar-refractivity contribution in [3.05, 3.63) is 66.1 Å². The van der Waals surface area contributed by atoms with Crippen molar-refractivity contribution in [1.29, 1.82) is 0 Å². The molecule has 0 amide bonds. The standard InChI is InChI=1S/C22H28N6O2/c1-4-23-22(25-12-8-17-6-7-19(29-2)20(14-17)30-3)26-16-18-9-11-24-21(15-18)28-13-5-10-27-28/h5-7,9-11,13-15H,4,8,12,16H2,1-3H3,(H2,23,25,26). The molecule has 1 aromatic carbocycles. The fourth-order valence-corrected chi connectivity index (χ4v) is 2.96. The Morgan fingerprint density at radius 3 is 2.63 bits per heavy atom. The van der Waals surface area contributed by atoms with Crippen LogP contribution in [0.5, 0.6) is 11.5 Å². The Morgan fingerprint density at radius 2 is 1.90 bits per heavy atom. The molecule has 3 aromatic rings. The lowest BCUT2D eigenvalue weighted by Gasteiger charge is -2.13. The maximum atomic E-state index is 5.37. The zero-order chi connectivity index (χ0) is 21.2. The highest BCUT2D eigenvalue weighted by molar-refractivity contribution is 5.79. The number of hydrogen-bond acceptors (Lipinski definition) is 5. The molecule has 0 aliphatic heterocycles. The normalized spacial score (nSPS) is 11.2. The maximum absolute atomic E-state index is 5.37. The molecule has 30 heavy (non-hydrogen) atoms. The number of ether oxygens (including phenoxy) is 2. The minimum absolute atomic E-state index is 0.544. The van der Waals surface area contributed by atoms with Gasteiger partial charge in [0.15, 0.2) is 23.3 Å². The van der Waals surface area contributed by atoms with Gasteiger partial charge in [0, 0.05) is 31.7 Å². The molecule has 0 saturated carbocycles. The van der Waals surface area contributed by atoms with E-state index in [9.17, 15) is 0 Å². The van der Waals surface area contributed by atoms with Crippen LogP contribution in [0.1, 0.15) is 18.1 Å². The molecule has 2 N–H and O–H groups in total. The van der Waals surface area contributed by atoms with Crippen LogP contribution < -0.4 is 20.1 Å². The zero-order valence-corrected chi connectivity index (χ0v) is 17.6. The quantitative estimate of drug-likeness (QED) is 0.418. The number of aliphatic imine (C=N–C) groups is 1. The van der Waals surface area contributed by atoms with Crippen LogP contribution in [0.15, 0.2) is 60.0 Å². The van der Waals surface area contributed by atoms with Gasteiger partial charge in [-0.1, -0.05) is 6.07 Å². The number of benzene rings is 1. The third-order valence-corrected chi connectivity index (χ3v) is 4.47. The van der Waals surface area contributed by atoms with E-state index in [1.807, 2.05) is 49.5 Å². The molecule has 2 heterocycles. The largest absolute Gasteiger partial charge is 0.493 e. The summed E-state index contributed by atoms with van der Waals surface area (Å²) in [6, 6.07) is 11.8. The Morgan fingerprint density at radius 1 is 1.03 bits per heavy atom. The van der Waals surface area contributed by atoms with Crippen molar-refractivity contribution in [2.75, 3.05) is 27.3 Å². The summed E-state index contributed by atoms with van der Waals surface area (Å²) in [6.07, 6.45) is 6.22. The molecule has 0 spiro atoms. The Balaban J connectivity index is 1.59. The summed E-state index contributed by atoms with van der Waals surface area (Å²) in [5.41, 5.74) is 2.22. The summed E-state index contributed by atoms with van der Waals surface area (Å²) in [7, 11) is 3.28. The van der Waals surface area contributed by atoms with E-state index < -0.39 is 0 Å². The molecule has 3 rings (SSSR count). The molecule has 0 saturated heterocycles. The van der Waals surface area contributed by atoms with Crippen LogP contribution in [0.25, 0.3) is 5.82 Å². The van der Waals surface area contributed by atoms with Crippen molar-refractivity contribution in [2.24, 2.45) is 4.99 Å². The average Bonchev–Trinajstić information content (AvgIpc) is 3.32. The van der Waals surface area contributed by atoms with Crippen LogP contribution in [-0.2, 0) is 13.0 Å². The van der Waals surface area contributed by atoms with Crippen molar-refractivity contribution in [3.8, 4) is 17.3 Å². The number of rotatable bonds is 9. The number of methoxy groups -OCH3 is 2. The summed E-state index contributed by atoms with van der Waals surface area (Å²) in [5, 5.41) is 10.9. The first-order valence-corrected chi connectivity index (χ1v) is 9.91. The highest BCUT2D eigenvalue weighted by Crippen LogP contribution is 2.27. The van der Waals surface area contributed by atoms with Crippen LogP contribution in [0, 0.1) is 0 Å². The molecular formula is C22H28N6O2. The van der Waals surface area contributed by atoms with E-state index in [0.717, 1.165) is 53.9 Å². The number of nitrogens with one attached hydrogen (secondary N) is 2. The van der Waals surface area contributed by atoms with Crippen molar-refractivity contribution in [1.82, 2.24) is 25.4 Å². The SMILES string of the molecule is CCNC(=NCc1ccnc(-n2cccn2)c1)NCCc1ccc(OC)c(OC)c1. The summed E-state index contributed by atoms with van der Waals surface area (Å²) in [6.45, 7) is 4.13. The van der Waals surface area contributed by atoms with Gasteiger partial charge in [-0.05, 0) is 54.8 Å². The highest BCUT2D eigenvalue weighted by atomic mass is 16.5. The summed E-state index contributed by atoms with van der Waals surface area (Å²) >= 11 is 0. The first-order chi connectivity index (χ1) is 14.7. The molecule has 0 fully saturated rings. The van der Waals surface area contributed by atoms with Crippen molar-refractivity contribution < 1.29 is 9.47 Å². The predicted molar refractivity (Wildman–Crippen MR) is 117 cm³/mol. The van der Waals surface area contributed by atoms with Gasteiger partial charge in [-0.25, -0.2) is 14.7 Å². The monoisotopic (exact) mass is 408 g/mol. The molecule has 2 aromatic heterocycles. The van der Waals surface area contributed by atoms with E-state index in [2.05, 4.69) is 20.7 Å². The van der Waals surface area contributed by atoms with Gasteiger partial charge in [0.1, 0.15) is 0 Å². The Kier molecular flexibility index (Phi) is 7.65. The number of guanidine groups is 1. The fraction of sp³-hybridized carbons (Fsp3) is 0.318. The lowest BCUT2D eigenvalue weighted by molar-refractivity contribution is 0.354. The summed E-state index contributed by atoms with van der Waals surface area (Å²) in [5.74, 6) is 3.02. The van der Waals surface area contributed by atoms with Crippen LogP contribution in [0.4, 0.5) is 0 Å². The lowest BCUT2D eigenvalue weighted by Crippen LogP contribution is -2.38. The molecule has 8 heteroatoms. The van der Waals surface area contributed by atoms with Gasteiger partial charge in [0.2, 0.25) is 0 Å². The van der Waals surface area contributed by atoms with E-state index in [1.54, 1.807) is 31.3 Å². The van der Waals surface area contributed by atoms with Gasteiger partial charge in [-0.3, -0.25) is 0 Å². The van der Waals surface area contributed by atoms with Gasteiger partial charge < -0.3 is 20.1 Å². The Hall–Kier alpha value is -3.55. The molecule has 0 aliphatic carbocycles. The number of hydrogen-bond donors (Lipinski definition) is 2. The van der Waals surface area contributed by atoms with E-state index in [4.69, 9.17) is 14.5 Å². The number of nitrogens with zero attached hydrogens (tertiary/aromatic N) is 4. The molecule has 0 bridgehead atoms. The first kappa shape index (κ1) is 21.2. The molecule has 0 aliphatic rings. The zero-order valence-electron chi connectivity index (χ0n) is 17.6. The van der Waals surface area contributed by atoms with E-state index >= 15 is 0 Å². The van der Waals surface area contributed by atoms with E-state index in [-0.39, 0.29) is 0 Å². The van der Waals surface area contributed by atoms with Crippen LogP contribution >= 0.6 is 0 Å². The van der Waals surface area contributed by atoms with Gasteiger partial charge in [0.25, 0.3) is 0 Å². The predicted octanol–water partition coefficient (Wildman–Crippen LogP) is 2.58. The van der Waals surface area contributed by atoms with Crippen molar-refractivity contribution in [3.63, 3.8) is 0 Å². The fourth-order valence-electron chi connectivity index (χ4n) is 2.96. The third-order valence-electron chi connectivity index (χ3n) is 4.47. The molecule has 0 atom stereocenters. The second-order valence-electron chi connectivity index (χ2n) is 6.53. The third kappa shape index (κ3) is 5.73. The Labute approximate surface area is 177 Å². The van der Waals surface area contributed by atoms with Crippen LogP contribution in [0.2, 0.25) is 0 Å². The van der Waals surface area contributed by atoms with Crippen LogP contribution in [0.3, 0.4) is 0 Å². The molecule has 8 nitrogen and oxygen atoms in total. The Bertz CT molecular complexity index is 956. The van der Waals surface area contributed by atoms with E-state index in [0.29, 0.717) is 6.54 Å². The van der Waals surface area contributed by atoms with E-state index in [1.165, 1.54) is 0 Å². The topological polar surface area (TPSA) is 85.6 Å². The lowest BCUT2D eigenvalue weighted by atomic mass is 10.1. The minimum Gasteiger partial charge on any atom is -0.493 e. The van der Waals surface area contributed by atoms with Gasteiger partial charge in [-0.15, -0.1) is 0 Å². The number of pyridine rings is 1. The minimum atomic E-state index is 0.544. The number of aromatic nitrogens is 3. The highest BCUT2D eigenvalue weighted by Gasteiger charge is 2.05. The van der Waals surface area contributed by atoms with Gasteiger partial charge >= 0.3 is 0 Å². The second-order valence-corrected chi connectivity index (χ2v) is 6.53. The van der Waals surface area contributed by atoms with Crippen LogP contribution in [-0.4, -0.2) is 48.0 Å². The smallest absolute Gasteiger partial charge is 0.191 e. The molecule has 0 radical (unpaired) electrons. The molecule has 0 unspecified atom stereocenters. The maximum Gasteiger partial charge on any atom is 0.191 e. The van der Waals surface area contributed by atoms with Crippen molar-refractivity contribution >= 4 is 5.96 Å². The first-order valence-electron chi connectivity index (χ1n) is 9.91. The second kappa shape index (κ2) is 10.8.